The molecule has 0 radical (unpaired) electrons. The van der Waals surface area contributed by atoms with E-state index in [2.05, 4.69) is 15.6 Å². The van der Waals surface area contributed by atoms with Crippen molar-refractivity contribution in [3.63, 3.8) is 0 Å². The highest BCUT2D eigenvalue weighted by Crippen LogP contribution is 2.38. The van der Waals surface area contributed by atoms with E-state index in [1.54, 1.807) is 12.1 Å². The lowest BCUT2D eigenvalue weighted by molar-refractivity contribution is -0.144. The molecule has 2 aliphatic rings. The number of nitrogens with two attached hydrogens (primary N) is 1. The van der Waals surface area contributed by atoms with E-state index in [4.69, 9.17) is 5.73 Å². The highest BCUT2D eigenvalue weighted by molar-refractivity contribution is 6.39. The summed E-state index contributed by atoms with van der Waals surface area (Å²) in [6.07, 6.45) is 4.47. The molecule has 29 heavy (non-hydrogen) atoms. The number of primary amides is 1. The largest absolute Gasteiger partial charge is 0.363 e. The van der Waals surface area contributed by atoms with Gasteiger partial charge in [0.15, 0.2) is 0 Å². The first-order chi connectivity index (χ1) is 13.7. The molecule has 0 bridgehead atoms. The number of alkyl halides is 1. The van der Waals surface area contributed by atoms with E-state index < -0.39 is 40.8 Å². The lowest BCUT2D eigenvalue weighted by atomic mass is 9.73. The number of pyridine rings is 1. The Morgan fingerprint density at radius 3 is 2.31 bits per heavy atom. The van der Waals surface area contributed by atoms with Crippen molar-refractivity contribution < 1.29 is 23.6 Å². The molecule has 2 saturated carbocycles. The third-order valence-corrected chi connectivity index (χ3v) is 5.82. The highest BCUT2D eigenvalue weighted by Gasteiger charge is 2.49. The van der Waals surface area contributed by atoms with Crippen molar-refractivity contribution in [1.29, 1.82) is 0 Å². The number of hydrogen-bond acceptors (Lipinski definition) is 5. The zero-order chi connectivity index (χ0) is 21.1. The van der Waals surface area contributed by atoms with Gasteiger partial charge in [0, 0.05) is 12.6 Å². The van der Waals surface area contributed by atoms with Gasteiger partial charge in [0.2, 0.25) is 11.7 Å². The maximum atomic E-state index is 15.1. The Labute approximate surface area is 167 Å². The second-order valence-corrected chi connectivity index (χ2v) is 7.92. The summed E-state index contributed by atoms with van der Waals surface area (Å²) in [6.45, 7) is 0. The second kappa shape index (κ2) is 8.26. The maximum absolute atomic E-state index is 15.1. The van der Waals surface area contributed by atoms with Gasteiger partial charge < -0.3 is 16.4 Å². The number of halogens is 1. The SMILES string of the molecule is NC(=O)C(=O)C1(NC(=O)[C@H](CC2(F)CCCC2)NC(=O)c2ccccn2)CCC1. The standard InChI is InChI=1S/C20H25FN4O4/c21-19(7-2-3-8-19)12-14(24-17(28)13-6-1-4-11-23-13)18(29)25-20(9-5-10-20)15(26)16(22)27/h1,4,6,11,14H,2-3,5,7-10,12H2,(H2,22,27)(H,24,28)(H,25,29)/t14-/m0/s1. The van der Waals surface area contributed by atoms with Gasteiger partial charge in [0.05, 0.1) is 0 Å². The van der Waals surface area contributed by atoms with Crippen LogP contribution in [0, 0.1) is 0 Å². The first-order valence-electron chi connectivity index (χ1n) is 9.82. The van der Waals surface area contributed by atoms with Crippen LogP contribution in [0.5, 0.6) is 0 Å². The van der Waals surface area contributed by atoms with Crippen LogP contribution in [0.3, 0.4) is 0 Å². The molecule has 2 aliphatic carbocycles. The van der Waals surface area contributed by atoms with Crippen LogP contribution >= 0.6 is 0 Å². The van der Waals surface area contributed by atoms with Crippen LogP contribution in [-0.2, 0) is 14.4 Å². The number of hydrogen-bond donors (Lipinski definition) is 3. The second-order valence-electron chi connectivity index (χ2n) is 7.92. The summed E-state index contributed by atoms with van der Waals surface area (Å²) < 4.78 is 15.1. The van der Waals surface area contributed by atoms with Crippen LogP contribution in [0.15, 0.2) is 24.4 Å². The molecule has 2 fully saturated rings. The summed E-state index contributed by atoms with van der Waals surface area (Å²) in [4.78, 5) is 53.0. The normalized spacial score (nSPS) is 20.2. The first-order valence-corrected chi connectivity index (χ1v) is 9.82. The number of Topliss-reactive ketones (excluding diaryl/α,β-unsaturated/α-hetero) is 1. The lowest BCUT2D eigenvalue weighted by Gasteiger charge is -2.41. The number of nitrogens with zero attached hydrogens (tertiary/aromatic N) is 1. The van der Waals surface area contributed by atoms with Gasteiger partial charge in [0.1, 0.15) is 22.9 Å². The van der Waals surface area contributed by atoms with Gasteiger partial charge in [-0.15, -0.1) is 0 Å². The Morgan fingerprint density at radius 1 is 1.10 bits per heavy atom. The topological polar surface area (TPSA) is 131 Å². The molecule has 1 heterocycles. The number of carbonyl (C=O) groups is 4. The maximum Gasteiger partial charge on any atom is 0.287 e. The molecule has 1 aromatic rings. The number of carbonyl (C=O) groups excluding carboxylic acids is 4. The Bertz CT molecular complexity index is 804. The van der Waals surface area contributed by atoms with Crippen LogP contribution in [-0.4, -0.2) is 45.7 Å². The lowest BCUT2D eigenvalue weighted by Crippen LogP contribution is -2.65. The van der Waals surface area contributed by atoms with E-state index >= 15 is 4.39 Å². The van der Waals surface area contributed by atoms with Gasteiger partial charge in [-0.05, 0) is 44.2 Å². The van der Waals surface area contributed by atoms with E-state index in [0.29, 0.717) is 32.1 Å². The number of ketones is 1. The van der Waals surface area contributed by atoms with Crippen LogP contribution in [0.2, 0.25) is 0 Å². The van der Waals surface area contributed by atoms with Crippen molar-refractivity contribution >= 4 is 23.5 Å². The first kappa shape index (κ1) is 20.9. The van der Waals surface area contributed by atoms with Crippen LogP contribution in [0.4, 0.5) is 4.39 Å². The third-order valence-electron chi connectivity index (χ3n) is 5.82. The average molecular weight is 404 g/mol. The summed E-state index contributed by atoms with van der Waals surface area (Å²) in [7, 11) is 0. The van der Waals surface area contributed by atoms with E-state index in [0.717, 1.165) is 0 Å². The van der Waals surface area contributed by atoms with Gasteiger partial charge in [0.25, 0.3) is 11.8 Å². The molecule has 0 unspecified atom stereocenters. The predicted octanol–water partition coefficient (Wildman–Crippen LogP) is 0.946. The van der Waals surface area contributed by atoms with Crippen molar-refractivity contribution in [3.05, 3.63) is 30.1 Å². The van der Waals surface area contributed by atoms with Gasteiger partial charge >= 0.3 is 0 Å². The minimum Gasteiger partial charge on any atom is -0.363 e. The summed E-state index contributed by atoms with van der Waals surface area (Å²) in [6, 6.07) is 3.55. The molecule has 156 valence electrons. The van der Waals surface area contributed by atoms with E-state index in [-0.39, 0.29) is 25.0 Å². The van der Waals surface area contributed by atoms with E-state index in [1.165, 1.54) is 12.3 Å². The van der Waals surface area contributed by atoms with Gasteiger partial charge in [-0.25, -0.2) is 4.39 Å². The summed E-state index contributed by atoms with van der Waals surface area (Å²) in [5, 5.41) is 5.11. The fourth-order valence-corrected chi connectivity index (χ4v) is 4.02. The fourth-order valence-electron chi connectivity index (χ4n) is 4.02. The Kier molecular flexibility index (Phi) is 5.95. The quantitative estimate of drug-likeness (QED) is 0.555. The summed E-state index contributed by atoms with van der Waals surface area (Å²) in [5.74, 6) is -3.32. The van der Waals surface area contributed by atoms with E-state index in [1.807, 2.05) is 0 Å². The van der Waals surface area contributed by atoms with Crippen LogP contribution in [0.25, 0.3) is 0 Å². The molecule has 1 aromatic heterocycles. The number of aromatic nitrogens is 1. The van der Waals surface area contributed by atoms with Crippen LogP contribution in [0.1, 0.15) is 61.9 Å². The molecule has 0 aliphatic heterocycles. The molecular formula is C20H25FN4O4. The van der Waals surface area contributed by atoms with Crippen molar-refractivity contribution in [2.75, 3.05) is 0 Å². The summed E-state index contributed by atoms with van der Waals surface area (Å²) >= 11 is 0. The van der Waals surface area contributed by atoms with Crippen molar-refractivity contribution in [1.82, 2.24) is 15.6 Å². The number of rotatable bonds is 8. The minimum absolute atomic E-state index is 0.0937. The fraction of sp³-hybridized carbons (Fsp3) is 0.550. The highest BCUT2D eigenvalue weighted by atomic mass is 19.1. The Balaban J connectivity index is 1.78. The average Bonchev–Trinajstić information content (AvgIpc) is 3.10. The molecule has 0 spiro atoms. The molecule has 4 N–H and O–H groups in total. The zero-order valence-electron chi connectivity index (χ0n) is 16.1. The van der Waals surface area contributed by atoms with Crippen molar-refractivity contribution in [2.45, 2.75) is 68.6 Å². The molecule has 3 rings (SSSR count). The molecular weight excluding hydrogens is 379 g/mol. The zero-order valence-corrected chi connectivity index (χ0v) is 16.1. The van der Waals surface area contributed by atoms with Crippen LogP contribution < -0.4 is 16.4 Å². The molecule has 8 nitrogen and oxygen atoms in total. The molecule has 0 aromatic carbocycles. The predicted molar refractivity (Wildman–Crippen MR) is 101 cm³/mol. The molecule has 0 saturated heterocycles. The van der Waals surface area contributed by atoms with Crippen molar-refractivity contribution in [2.24, 2.45) is 5.73 Å². The van der Waals surface area contributed by atoms with E-state index in [9.17, 15) is 19.2 Å². The summed E-state index contributed by atoms with van der Waals surface area (Å²) in [5.41, 5.74) is 2.27. The minimum atomic E-state index is -1.57. The molecule has 1 atom stereocenters. The number of amides is 3. The molecule has 3 amide bonds. The Morgan fingerprint density at radius 2 is 1.79 bits per heavy atom. The van der Waals surface area contributed by atoms with Crippen molar-refractivity contribution in [3.8, 4) is 0 Å². The monoisotopic (exact) mass is 404 g/mol. The Hall–Kier alpha value is -2.84. The molecule has 9 heteroatoms. The smallest absolute Gasteiger partial charge is 0.287 e. The van der Waals surface area contributed by atoms with Gasteiger partial charge in [-0.1, -0.05) is 18.9 Å². The van der Waals surface area contributed by atoms with Gasteiger partial charge in [-0.3, -0.25) is 24.2 Å². The number of nitrogens with one attached hydrogen (secondary N) is 2. The van der Waals surface area contributed by atoms with Gasteiger partial charge in [-0.2, -0.15) is 0 Å². The third kappa shape index (κ3) is 4.60.